The lowest BCUT2D eigenvalue weighted by Crippen LogP contribution is -2.32. The Morgan fingerprint density at radius 2 is 2.10 bits per heavy atom. The van der Waals surface area contributed by atoms with Crippen LogP contribution in [-0.2, 0) is 6.54 Å². The number of aryl methyl sites for hydroxylation is 2. The molecule has 2 heterocycles. The molecule has 1 atom stereocenters. The Hall–Kier alpha value is -1.81. The van der Waals surface area contributed by atoms with Crippen LogP contribution in [0.25, 0.3) is 0 Å². The fraction of sp³-hybridized carbons (Fsp3) is 0.438. The van der Waals surface area contributed by atoms with Crippen molar-refractivity contribution in [3.05, 3.63) is 47.3 Å². The van der Waals surface area contributed by atoms with Crippen molar-refractivity contribution in [1.82, 2.24) is 15.5 Å². The summed E-state index contributed by atoms with van der Waals surface area (Å²) in [4.78, 5) is 2.46. The van der Waals surface area contributed by atoms with Gasteiger partial charge in [-0.05, 0) is 38.0 Å². The molecule has 4 heteroatoms. The monoisotopic (exact) mass is 270 g/mol. The van der Waals surface area contributed by atoms with Crippen LogP contribution < -0.4 is 10.2 Å². The van der Waals surface area contributed by atoms with E-state index in [4.69, 9.17) is 0 Å². The smallest absolute Gasteiger partial charge is 0.0519 e. The van der Waals surface area contributed by atoms with Gasteiger partial charge in [-0.25, -0.2) is 0 Å². The average Bonchev–Trinajstić information content (AvgIpc) is 3.06. The van der Waals surface area contributed by atoms with Gasteiger partial charge in [-0.3, -0.25) is 5.10 Å². The SMILES string of the molecule is Cc1ccc(N2CCC(NCc3[nH]ncc3C)C2)cc1. The Kier molecular flexibility index (Phi) is 3.74. The quantitative estimate of drug-likeness (QED) is 0.896. The lowest BCUT2D eigenvalue weighted by atomic mass is 10.2. The van der Waals surface area contributed by atoms with Crippen LogP contribution in [0.1, 0.15) is 23.2 Å². The Bertz CT molecular complexity index is 558. The van der Waals surface area contributed by atoms with Crippen LogP contribution in [0.5, 0.6) is 0 Å². The second-order valence-electron chi connectivity index (χ2n) is 5.68. The van der Waals surface area contributed by atoms with E-state index < -0.39 is 0 Å². The molecule has 1 fully saturated rings. The predicted octanol–water partition coefficient (Wildman–Crippen LogP) is 2.40. The summed E-state index contributed by atoms with van der Waals surface area (Å²) in [6.07, 6.45) is 3.07. The van der Waals surface area contributed by atoms with Gasteiger partial charge >= 0.3 is 0 Å². The lowest BCUT2D eigenvalue weighted by Gasteiger charge is -2.19. The number of hydrogen-bond acceptors (Lipinski definition) is 3. The average molecular weight is 270 g/mol. The first-order chi connectivity index (χ1) is 9.72. The third kappa shape index (κ3) is 2.85. The molecule has 0 aliphatic carbocycles. The van der Waals surface area contributed by atoms with Crippen molar-refractivity contribution in [3.8, 4) is 0 Å². The van der Waals surface area contributed by atoms with E-state index >= 15 is 0 Å². The third-order valence-corrected chi connectivity index (χ3v) is 4.09. The van der Waals surface area contributed by atoms with Gasteiger partial charge in [0.05, 0.1) is 11.9 Å². The number of hydrogen-bond donors (Lipinski definition) is 2. The van der Waals surface area contributed by atoms with Crippen LogP contribution in [0.3, 0.4) is 0 Å². The van der Waals surface area contributed by atoms with Gasteiger partial charge in [-0.2, -0.15) is 5.10 Å². The highest BCUT2D eigenvalue weighted by Crippen LogP contribution is 2.21. The normalized spacial score (nSPS) is 18.7. The van der Waals surface area contributed by atoms with Gasteiger partial charge in [0.15, 0.2) is 0 Å². The number of nitrogens with zero attached hydrogens (tertiary/aromatic N) is 2. The molecule has 1 aliphatic heterocycles. The number of rotatable bonds is 4. The maximum atomic E-state index is 4.06. The van der Waals surface area contributed by atoms with E-state index in [9.17, 15) is 0 Å². The van der Waals surface area contributed by atoms with E-state index in [2.05, 4.69) is 58.5 Å². The maximum absolute atomic E-state index is 4.06. The van der Waals surface area contributed by atoms with Gasteiger partial charge in [-0.15, -0.1) is 0 Å². The van der Waals surface area contributed by atoms with E-state index in [0.29, 0.717) is 6.04 Å². The zero-order chi connectivity index (χ0) is 13.9. The van der Waals surface area contributed by atoms with Gasteiger partial charge in [0.2, 0.25) is 0 Å². The Balaban J connectivity index is 1.54. The van der Waals surface area contributed by atoms with Gasteiger partial charge in [-0.1, -0.05) is 17.7 Å². The fourth-order valence-electron chi connectivity index (χ4n) is 2.72. The highest BCUT2D eigenvalue weighted by molar-refractivity contribution is 5.48. The molecule has 0 bridgehead atoms. The largest absolute Gasteiger partial charge is 0.370 e. The van der Waals surface area contributed by atoms with Gasteiger partial charge in [0.1, 0.15) is 0 Å². The van der Waals surface area contributed by atoms with Crippen molar-refractivity contribution in [2.24, 2.45) is 0 Å². The van der Waals surface area contributed by atoms with E-state index in [1.165, 1.54) is 28.9 Å². The summed E-state index contributed by atoms with van der Waals surface area (Å²) in [6.45, 7) is 7.30. The number of nitrogens with one attached hydrogen (secondary N) is 2. The number of H-pyrrole nitrogens is 1. The molecule has 4 nitrogen and oxygen atoms in total. The van der Waals surface area contributed by atoms with Gasteiger partial charge < -0.3 is 10.2 Å². The molecule has 20 heavy (non-hydrogen) atoms. The number of aromatic amines is 1. The van der Waals surface area contributed by atoms with Crippen molar-refractivity contribution in [1.29, 1.82) is 0 Å². The topological polar surface area (TPSA) is 44.0 Å². The predicted molar refractivity (Wildman–Crippen MR) is 82.0 cm³/mol. The van der Waals surface area contributed by atoms with E-state index in [1.807, 2.05) is 6.20 Å². The molecular weight excluding hydrogens is 248 g/mol. The molecule has 0 amide bonds. The highest BCUT2D eigenvalue weighted by atomic mass is 15.2. The van der Waals surface area contributed by atoms with E-state index in [1.54, 1.807) is 0 Å². The van der Waals surface area contributed by atoms with Crippen LogP contribution in [0.15, 0.2) is 30.5 Å². The number of anilines is 1. The van der Waals surface area contributed by atoms with Crippen molar-refractivity contribution in [2.45, 2.75) is 32.9 Å². The first kappa shape index (κ1) is 13.2. The van der Waals surface area contributed by atoms with Crippen molar-refractivity contribution in [3.63, 3.8) is 0 Å². The summed E-state index contributed by atoms with van der Waals surface area (Å²) >= 11 is 0. The second-order valence-corrected chi connectivity index (χ2v) is 5.68. The molecule has 1 aromatic carbocycles. The van der Waals surface area contributed by atoms with Gasteiger partial charge in [0.25, 0.3) is 0 Å². The minimum absolute atomic E-state index is 0.555. The Morgan fingerprint density at radius 3 is 2.80 bits per heavy atom. The summed E-state index contributed by atoms with van der Waals surface area (Å²) in [5, 5.41) is 10.7. The molecule has 1 aromatic heterocycles. The van der Waals surface area contributed by atoms with Crippen LogP contribution in [0.4, 0.5) is 5.69 Å². The first-order valence-corrected chi connectivity index (χ1v) is 7.26. The molecule has 0 radical (unpaired) electrons. The summed E-state index contributed by atoms with van der Waals surface area (Å²) in [5.74, 6) is 0. The van der Waals surface area contributed by atoms with Gasteiger partial charge in [0, 0.05) is 31.4 Å². The standard InChI is InChI=1S/C16H22N4/c1-12-3-5-15(6-4-12)20-8-7-14(11-20)17-10-16-13(2)9-18-19-16/h3-6,9,14,17H,7-8,10-11H2,1-2H3,(H,18,19). The number of aromatic nitrogens is 2. The lowest BCUT2D eigenvalue weighted by molar-refractivity contribution is 0.544. The molecule has 1 saturated heterocycles. The molecule has 0 spiro atoms. The first-order valence-electron chi connectivity index (χ1n) is 7.26. The second kappa shape index (κ2) is 5.67. The molecule has 1 unspecified atom stereocenters. The minimum atomic E-state index is 0.555. The van der Waals surface area contributed by atoms with E-state index in [0.717, 1.165) is 19.6 Å². The molecule has 2 N–H and O–H groups in total. The van der Waals surface area contributed by atoms with Crippen LogP contribution in [0.2, 0.25) is 0 Å². The highest BCUT2D eigenvalue weighted by Gasteiger charge is 2.22. The summed E-state index contributed by atoms with van der Waals surface area (Å²) in [7, 11) is 0. The van der Waals surface area contributed by atoms with Crippen LogP contribution in [0, 0.1) is 13.8 Å². The summed E-state index contributed by atoms with van der Waals surface area (Å²) in [5.41, 5.74) is 5.07. The minimum Gasteiger partial charge on any atom is -0.370 e. The molecule has 0 saturated carbocycles. The maximum Gasteiger partial charge on any atom is 0.0519 e. The molecule has 3 rings (SSSR count). The number of benzene rings is 1. The Morgan fingerprint density at radius 1 is 1.30 bits per heavy atom. The van der Waals surface area contributed by atoms with Crippen molar-refractivity contribution < 1.29 is 0 Å². The zero-order valence-electron chi connectivity index (χ0n) is 12.2. The summed E-state index contributed by atoms with van der Waals surface area (Å²) in [6, 6.07) is 9.36. The van der Waals surface area contributed by atoms with E-state index in [-0.39, 0.29) is 0 Å². The van der Waals surface area contributed by atoms with Crippen LogP contribution >= 0.6 is 0 Å². The molecule has 106 valence electrons. The van der Waals surface area contributed by atoms with Crippen molar-refractivity contribution >= 4 is 5.69 Å². The van der Waals surface area contributed by atoms with Crippen molar-refractivity contribution in [2.75, 3.05) is 18.0 Å². The zero-order valence-corrected chi connectivity index (χ0v) is 12.2. The molecule has 2 aromatic rings. The van der Waals surface area contributed by atoms with Crippen LogP contribution in [-0.4, -0.2) is 29.3 Å². The fourth-order valence-corrected chi connectivity index (χ4v) is 2.72. The molecule has 1 aliphatic rings. The summed E-state index contributed by atoms with van der Waals surface area (Å²) < 4.78 is 0. The Labute approximate surface area is 120 Å². The third-order valence-electron chi connectivity index (χ3n) is 4.09. The molecular formula is C16H22N4.